The lowest BCUT2D eigenvalue weighted by atomic mass is 9.97. The van der Waals surface area contributed by atoms with E-state index in [-0.39, 0.29) is 11.9 Å². The average Bonchev–Trinajstić information content (AvgIpc) is 3.45. The molecular weight excluding hydrogens is 426 g/mol. The largest absolute Gasteiger partial charge is 0.284 e. The molecule has 1 amide bonds. The summed E-state index contributed by atoms with van der Waals surface area (Å²) in [5.41, 5.74) is 5.83. The number of para-hydroxylation sites is 1. The molecule has 1 unspecified atom stereocenters. The Bertz CT molecular complexity index is 1310. The van der Waals surface area contributed by atoms with Crippen LogP contribution in [0.1, 0.15) is 44.4 Å². The number of pyridine rings is 1. The van der Waals surface area contributed by atoms with E-state index in [9.17, 15) is 4.79 Å². The van der Waals surface area contributed by atoms with Gasteiger partial charge in [0.05, 0.1) is 22.1 Å². The average molecular weight is 446 g/mol. The van der Waals surface area contributed by atoms with E-state index >= 15 is 0 Å². The highest BCUT2D eigenvalue weighted by molar-refractivity contribution is 7.12. The summed E-state index contributed by atoms with van der Waals surface area (Å²) < 4.78 is 0. The lowest BCUT2D eigenvalue weighted by Crippen LogP contribution is -2.26. The number of amides is 1. The first kappa shape index (κ1) is 19.9. The van der Waals surface area contributed by atoms with Gasteiger partial charge >= 0.3 is 0 Å². The van der Waals surface area contributed by atoms with Crippen molar-refractivity contribution < 1.29 is 4.79 Å². The first-order chi connectivity index (χ1) is 15.0. The molecule has 6 heteroatoms. The number of nitrogens with zero attached hydrogens (tertiary/aromatic N) is 3. The number of hydrazone groups is 1. The van der Waals surface area contributed by atoms with Gasteiger partial charge in [0.15, 0.2) is 0 Å². The van der Waals surface area contributed by atoms with Crippen LogP contribution in [0, 0.1) is 13.8 Å². The fourth-order valence-corrected chi connectivity index (χ4v) is 4.87. The summed E-state index contributed by atoms with van der Waals surface area (Å²) >= 11 is 8.08. The van der Waals surface area contributed by atoms with Crippen LogP contribution in [0.4, 0.5) is 0 Å². The molecule has 0 bridgehead atoms. The topological polar surface area (TPSA) is 45.6 Å². The maximum atomic E-state index is 13.3. The molecule has 4 aromatic rings. The molecule has 0 fully saturated rings. The second-order valence-corrected chi connectivity index (χ2v) is 9.08. The van der Waals surface area contributed by atoms with E-state index < -0.39 is 0 Å². The maximum absolute atomic E-state index is 13.3. The van der Waals surface area contributed by atoms with Gasteiger partial charge in [0.1, 0.15) is 5.15 Å². The number of halogens is 1. The molecule has 1 atom stereocenters. The van der Waals surface area contributed by atoms with Crippen molar-refractivity contribution in [2.75, 3.05) is 0 Å². The third-order valence-electron chi connectivity index (χ3n) is 5.62. The Labute approximate surface area is 189 Å². The lowest BCUT2D eigenvalue weighted by molar-refractivity contribution is 0.0716. The third-order valence-corrected chi connectivity index (χ3v) is 6.78. The molecule has 154 valence electrons. The fourth-order valence-electron chi connectivity index (χ4n) is 3.95. The smallest absolute Gasteiger partial charge is 0.266 e. The number of hydrogen-bond donors (Lipinski definition) is 0. The first-order valence-electron chi connectivity index (χ1n) is 10.1. The number of hydrogen-bond acceptors (Lipinski definition) is 4. The van der Waals surface area contributed by atoms with Crippen molar-refractivity contribution in [2.24, 2.45) is 5.10 Å². The highest BCUT2D eigenvalue weighted by atomic mass is 35.5. The highest BCUT2D eigenvalue weighted by Crippen LogP contribution is 2.38. The van der Waals surface area contributed by atoms with E-state index in [1.54, 1.807) is 5.01 Å². The van der Waals surface area contributed by atoms with Gasteiger partial charge in [-0.05, 0) is 42.5 Å². The van der Waals surface area contributed by atoms with Gasteiger partial charge < -0.3 is 0 Å². The second-order valence-electron chi connectivity index (χ2n) is 7.77. The molecule has 0 spiro atoms. The Balaban J connectivity index is 1.61. The Morgan fingerprint density at radius 2 is 1.90 bits per heavy atom. The number of benzene rings is 2. The molecule has 3 heterocycles. The van der Waals surface area contributed by atoms with Gasteiger partial charge in [-0.15, -0.1) is 11.3 Å². The lowest BCUT2D eigenvalue weighted by Gasteiger charge is -2.22. The van der Waals surface area contributed by atoms with Crippen LogP contribution in [-0.2, 0) is 0 Å². The minimum absolute atomic E-state index is 0.123. The SMILES string of the molecule is Cc1ccc(C2=NN(C(=O)c3cccs3)C(c3cc4cccc(C)c4nc3Cl)C2)cc1. The Kier molecular flexibility index (Phi) is 5.08. The van der Waals surface area contributed by atoms with Crippen molar-refractivity contribution in [1.29, 1.82) is 0 Å². The van der Waals surface area contributed by atoms with E-state index in [2.05, 4.69) is 24.0 Å². The van der Waals surface area contributed by atoms with Crippen molar-refractivity contribution in [3.05, 3.63) is 98.3 Å². The zero-order valence-corrected chi connectivity index (χ0v) is 18.7. The Morgan fingerprint density at radius 3 is 2.65 bits per heavy atom. The minimum atomic E-state index is -0.309. The van der Waals surface area contributed by atoms with Crippen LogP contribution in [0.5, 0.6) is 0 Å². The van der Waals surface area contributed by atoms with Crippen LogP contribution in [0.3, 0.4) is 0 Å². The number of thiophene rings is 1. The van der Waals surface area contributed by atoms with Crippen LogP contribution in [0.2, 0.25) is 5.15 Å². The number of rotatable bonds is 3. The summed E-state index contributed by atoms with van der Waals surface area (Å²) in [5.74, 6) is -0.123. The number of aromatic nitrogens is 1. The molecule has 0 N–H and O–H groups in total. The van der Waals surface area contributed by atoms with E-state index in [0.29, 0.717) is 16.5 Å². The molecule has 0 saturated heterocycles. The van der Waals surface area contributed by atoms with E-state index in [4.69, 9.17) is 16.7 Å². The van der Waals surface area contributed by atoms with Crippen molar-refractivity contribution in [3.8, 4) is 0 Å². The number of aryl methyl sites for hydroxylation is 2. The monoisotopic (exact) mass is 445 g/mol. The van der Waals surface area contributed by atoms with Crippen molar-refractivity contribution >= 4 is 45.5 Å². The maximum Gasteiger partial charge on any atom is 0.284 e. The minimum Gasteiger partial charge on any atom is -0.266 e. The molecule has 1 aliphatic rings. The van der Waals surface area contributed by atoms with Gasteiger partial charge in [-0.25, -0.2) is 9.99 Å². The van der Waals surface area contributed by atoms with Gasteiger partial charge in [-0.3, -0.25) is 4.79 Å². The number of fused-ring (bicyclic) bond motifs is 1. The van der Waals surface area contributed by atoms with Crippen LogP contribution >= 0.6 is 22.9 Å². The first-order valence-corrected chi connectivity index (χ1v) is 11.3. The molecule has 31 heavy (non-hydrogen) atoms. The molecule has 0 aliphatic carbocycles. The van der Waals surface area contributed by atoms with Crippen LogP contribution < -0.4 is 0 Å². The molecule has 5 rings (SSSR count). The summed E-state index contributed by atoms with van der Waals surface area (Å²) in [6.45, 7) is 4.07. The molecule has 2 aromatic heterocycles. The normalized spacial score (nSPS) is 16.0. The predicted octanol–water partition coefficient (Wildman–Crippen LogP) is 6.56. The van der Waals surface area contributed by atoms with Crippen molar-refractivity contribution in [3.63, 3.8) is 0 Å². The molecule has 0 radical (unpaired) electrons. The van der Waals surface area contributed by atoms with Gasteiger partial charge in [0.2, 0.25) is 0 Å². The summed E-state index contributed by atoms with van der Waals surface area (Å²) in [4.78, 5) is 18.6. The zero-order chi connectivity index (χ0) is 21.5. The van der Waals surface area contributed by atoms with E-state index in [1.807, 2.05) is 60.8 Å². The Morgan fingerprint density at radius 1 is 1.10 bits per heavy atom. The molecular formula is C25H20ClN3OS. The Hall–Kier alpha value is -3.02. The van der Waals surface area contributed by atoms with Crippen LogP contribution in [0.15, 0.2) is 71.1 Å². The quantitative estimate of drug-likeness (QED) is 0.335. The van der Waals surface area contributed by atoms with E-state index in [0.717, 1.165) is 33.3 Å². The van der Waals surface area contributed by atoms with Gasteiger partial charge in [-0.1, -0.05) is 65.7 Å². The highest BCUT2D eigenvalue weighted by Gasteiger charge is 2.35. The standard InChI is InChI=1S/C25H20ClN3OS/c1-15-8-10-17(11-9-15)20-14-21(29(28-20)25(30)22-7-4-12-31-22)19-13-18-6-3-5-16(2)23(18)27-24(19)26/h3-13,21H,14H2,1-2H3. The number of carbonyl (C=O) groups is 1. The fraction of sp³-hybridized carbons (Fsp3) is 0.160. The summed E-state index contributed by atoms with van der Waals surface area (Å²) in [7, 11) is 0. The number of carbonyl (C=O) groups excluding carboxylic acids is 1. The van der Waals surface area contributed by atoms with Crippen molar-refractivity contribution in [1.82, 2.24) is 9.99 Å². The summed E-state index contributed by atoms with van der Waals surface area (Å²) in [6, 6.07) is 19.7. The summed E-state index contributed by atoms with van der Waals surface area (Å²) in [5, 5.41) is 9.65. The molecule has 1 aliphatic heterocycles. The molecule has 0 saturated carbocycles. The second kappa shape index (κ2) is 7.91. The zero-order valence-electron chi connectivity index (χ0n) is 17.2. The third kappa shape index (κ3) is 3.64. The molecule has 2 aromatic carbocycles. The van der Waals surface area contributed by atoms with Crippen LogP contribution in [0.25, 0.3) is 10.9 Å². The van der Waals surface area contributed by atoms with Gasteiger partial charge in [0.25, 0.3) is 5.91 Å². The van der Waals surface area contributed by atoms with Crippen molar-refractivity contribution in [2.45, 2.75) is 26.3 Å². The van der Waals surface area contributed by atoms with Gasteiger partial charge in [-0.2, -0.15) is 5.10 Å². The van der Waals surface area contributed by atoms with Gasteiger partial charge in [0, 0.05) is 17.4 Å². The predicted molar refractivity (Wildman–Crippen MR) is 127 cm³/mol. The van der Waals surface area contributed by atoms with Crippen LogP contribution in [-0.4, -0.2) is 21.6 Å². The van der Waals surface area contributed by atoms with E-state index in [1.165, 1.54) is 16.9 Å². The summed E-state index contributed by atoms with van der Waals surface area (Å²) in [6.07, 6.45) is 0.582. The molecule has 4 nitrogen and oxygen atoms in total.